The second-order valence-electron chi connectivity index (χ2n) is 5.54. The van der Waals surface area contributed by atoms with Crippen molar-refractivity contribution >= 4 is 11.6 Å². The molecule has 19 heavy (non-hydrogen) atoms. The fourth-order valence-corrected chi connectivity index (χ4v) is 2.79. The molecule has 1 saturated carbocycles. The fourth-order valence-electron chi connectivity index (χ4n) is 2.79. The first-order valence-corrected chi connectivity index (χ1v) is 7.05. The third-order valence-electron chi connectivity index (χ3n) is 4.18. The standard InChI is InChI=1S/C15H19FN2O/c16-15-12-6-7-17-9-11(12)4-5-13(15)18-14(19)8-10-2-1-3-10/h4-5,10,17H,1-3,6-9H2,(H,18,19). The van der Waals surface area contributed by atoms with Gasteiger partial charge in [0.1, 0.15) is 5.82 Å². The van der Waals surface area contributed by atoms with Gasteiger partial charge in [0.2, 0.25) is 5.91 Å². The Morgan fingerprint density at radius 3 is 3.00 bits per heavy atom. The van der Waals surface area contributed by atoms with Crippen molar-refractivity contribution < 1.29 is 9.18 Å². The number of anilines is 1. The minimum atomic E-state index is -0.249. The number of hydrogen-bond donors (Lipinski definition) is 2. The number of amides is 1. The van der Waals surface area contributed by atoms with Crippen LogP contribution >= 0.6 is 0 Å². The van der Waals surface area contributed by atoms with Gasteiger partial charge in [-0.1, -0.05) is 12.5 Å². The molecule has 0 bridgehead atoms. The van der Waals surface area contributed by atoms with E-state index in [2.05, 4.69) is 10.6 Å². The zero-order chi connectivity index (χ0) is 13.2. The Balaban J connectivity index is 1.71. The summed E-state index contributed by atoms with van der Waals surface area (Å²) >= 11 is 0. The van der Waals surface area contributed by atoms with Crippen LogP contribution in [0.3, 0.4) is 0 Å². The first kappa shape index (κ1) is 12.6. The van der Waals surface area contributed by atoms with Crippen LogP contribution in [0, 0.1) is 11.7 Å². The van der Waals surface area contributed by atoms with Crippen LogP contribution in [0.2, 0.25) is 0 Å². The Labute approximate surface area is 112 Å². The van der Waals surface area contributed by atoms with Gasteiger partial charge in [0.15, 0.2) is 0 Å². The van der Waals surface area contributed by atoms with Crippen LogP contribution in [0.5, 0.6) is 0 Å². The van der Waals surface area contributed by atoms with Gasteiger partial charge in [-0.05, 0) is 48.9 Å². The maximum atomic E-state index is 14.3. The summed E-state index contributed by atoms with van der Waals surface area (Å²) in [5.41, 5.74) is 2.09. The Morgan fingerprint density at radius 2 is 2.26 bits per heavy atom. The molecule has 102 valence electrons. The van der Waals surface area contributed by atoms with Crippen LogP contribution in [0.25, 0.3) is 0 Å². The van der Waals surface area contributed by atoms with Gasteiger partial charge in [-0.3, -0.25) is 4.79 Å². The quantitative estimate of drug-likeness (QED) is 0.879. The molecule has 2 aliphatic rings. The molecule has 0 spiro atoms. The maximum Gasteiger partial charge on any atom is 0.224 e. The van der Waals surface area contributed by atoms with Crippen molar-refractivity contribution in [2.24, 2.45) is 5.92 Å². The highest BCUT2D eigenvalue weighted by Crippen LogP contribution is 2.30. The molecule has 0 saturated heterocycles. The van der Waals surface area contributed by atoms with Crippen molar-refractivity contribution in [3.63, 3.8) is 0 Å². The molecular weight excluding hydrogens is 243 g/mol. The molecule has 2 N–H and O–H groups in total. The van der Waals surface area contributed by atoms with E-state index in [1.54, 1.807) is 6.07 Å². The van der Waals surface area contributed by atoms with Crippen LogP contribution in [-0.4, -0.2) is 12.5 Å². The van der Waals surface area contributed by atoms with Crippen LogP contribution < -0.4 is 10.6 Å². The average Bonchev–Trinajstić information content (AvgIpc) is 2.38. The van der Waals surface area contributed by atoms with E-state index in [9.17, 15) is 9.18 Å². The van der Waals surface area contributed by atoms with Crippen molar-refractivity contribution in [3.05, 3.63) is 29.1 Å². The van der Waals surface area contributed by atoms with E-state index in [4.69, 9.17) is 0 Å². The number of carbonyl (C=O) groups is 1. The van der Waals surface area contributed by atoms with Crippen molar-refractivity contribution in [1.82, 2.24) is 5.32 Å². The lowest BCUT2D eigenvalue weighted by Gasteiger charge is -2.25. The second-order valence-corrected chi connectivity index (χ2v) is 5.54. The molecule has 4 heteroatoms. The van der Waals surface area contributed by atoms with Crippen LogP contribution in [-0.2, 0) is 17.8 Å². The molecule has 3 rings (SSSR count). The van der Waals surface area contributed by atoms with E-state index < -0.39 is 0 Å². The molecule has 1 aromatic rings. The minimum absolute atomic E-state index is 0.0579. The van der Waals surface area contributed by atoms with Gasteiger partial charge in [0.25, 0.3) is 0 Å². The summed E-state index contributed by atoms with van der Waals surface area (Å²) in [7, 11) is 0. The number of benzene rings is 1. The fraction of sp³-hybridized carbons (Fsp3) is 0.533. The lowest BCUT2D eigenvalue weighted by Crippen LogP contribution is -2.26. The van der Waals surface area contributed by atoms with E-state index in [0.29, 0.717) is 31.0 Å². The molecule has 1 aliphatic heterocycles. The Bertz CT molecular complexity index is 497. The molecular formula is C15H19FN2O. The molecule has 1 amide bonds. The summed E-state index contributed by atoms with van der Waals surface area (Å²) in [4.78, 5) is 11.8. The predicted molar refractivity (Wildman–Crippen MR) is 72.4 cm³/mol. The smallest absolute Gasteiger partial charge is 0.224 e. The lowest BCUT2D eigenvalue weighted by molar-refractivity contribution is -0.117. The van der Waals surface area contributed by atoms with Gasteiger partial charge in [0.05, 0.1) is 5.69 Å². The molecule has 0 radical (unpaired) electrons. The highest BCUT2D eigenvalue weighted by Gasteiger charge is 2.22. The summed E-state index contributed by atoms with van der Waals surface area (Å²) in [5, 5.41) is 5.94. The van der Waals surface area contributed by atoms with Crippen molar-refractivity contribution in [1.29, 1.82) is 0 Å². The van der Waals surface area contributed by atoms with Gasteiger partial charge in [-0.2, -0.15) is 0 Å². The van der Waals surface area contributed by atoms with Gasteiger partial charge in [-0.15, -0.1) is 0 Å². The third kappa shape index (κ3) is 2.63. The third-order valence-corrected chi connectivity index (χ3v) is 4.18. The second kappa shape index (κ2) is 5.29. The van der Waals surface area contributed by atoms with Crippen molar-refractivity contribution in [2.75, 3.05) is 11.9 Å². The number of nitrogens with one attached hydrogen (secondary N) is 2. The van der Waals surface area contributed by atoms with Gasteiger partial charge in [-0.25, -0.2) is 4.39 Å². The summed E-state index contributed by atoms with van der Waals surface area (Å²) in [6.45, 7) is 1.51. The predicted octanol–water partition coefficient (Wildman–Crippen LogP) is 2.60. The molecule has 1 fully saturated rings. The molecule has 0 unspecified atom stereocenters. The van der Waals surface area contributed by atoms with Gasteiger partial charge < -0.3 is 10.6 Å². The van der Waals surface area contributed by atoms with E-state index in [-0.39, 0.29) is 11.7 Å². The largest absolute Gasteiger partial charge is 0.324 e. The van der Waals surface area contributed by atoms with Gasteiger partial charge >= 0.3 is 0 Å². The summed E-state index contributed by atoms with van der Waals surface area (Å²) in [6.07, 6.45) is 4.70. The summed E-state index contributed by atoms with van der Waals surface area (Å²) in [5.74, 6) is 0.198. The monoisotopic (exact) mass is 262 g/mol. The lowest BCUT2D eigenvalue weighted by atomic mass is 9.83. The highest BCUT2D eigenvalue weighted by atomic mass is 19.1. The zero-order valence-electron chi connectivity index (χ0n) is 11.0. The summed E-state index contributed by atoms with van der Waals surface area (Å²) in [6, 6.07) is 3.59. The average molecular weight is 262 g/mol. The summed E-state index contributed by atoms with van der Waals surface area (Å²) < 4.78 is 14.3. The van der Waals surface area contributed by atoms with Crippen molar-refractivity contribution in [3.8, 4) is 0 Å². The molecule has 1 heterocycles. The van der Waals surface area contributed by atoms with Crippen LogP contribution in [0.15, 0.2) is 12.1 Å². The molecule has 0 atom stereocenters. The number of rotatable bonds is 3. The molecule has 3 nitrogen and oxygen atoms in total. The molecule has 1 aromatic carbocycles. The molecule has 1 aliphatic carbocycles. The first-order valence-electron chi connectivity index (χ1n) is 7.05. The first-order chi connectivity index (χ1) is 9.24. The van der Waals surface area contributed by atoms with Crippen molar-refractivity contribution in [2.45, 2.75) is 38.6 Å². The zero-order valence-corrected chi connectivity index (χ0v) is 11.0. The topological polar surface area (TPSA) is 41.1 Å². The highest BCUT2D eigenvalue weighted by molar-refractivity contribution is 5.91. The Kier molecular flexibility index (Phi) is 3.51. The maximum absolute atomic E-state index is 14.3. The van der Waals surface area contributed by atoms with E-state index >= 15 is 0 Å². The Morgan fingerprint density at radius 1 is 1.42 bits per heavy atom. The molecule has 0 aromatic heterocycles. The van der Waals surface area contributed by atoms with Gasteiger partial charge in [0, 0.05) is 13.0 Å². The number of carbonyl (C=O) groups excluding carboxylic acids is 1. The van der Waals surface area contributed by atoms with E-state index in [0.717, 1.165) is 30.5 Å². The number of halogens is 1. The normalized spacial score (nSPS) is 18.6. The van der Waals surface area contributed by atoms with Crippen LogP contribution in [0.1, 0.15) is 36.8 Å². The Hall–Kier alpha value is -1.42. The SMILES string of the molecule is O=C(CC1CCC1)Nc1ccc2c(c1F)CCNC2. The van der Waals surface area contributed by atoms with Crippen LogP contribution in [0.4, 0.5) is 10.1 Å². The minimum Gasteiger partial charge on any atom is -0.324 e. The van der Waals surface area contributed by atoms with E-state index in [1.165, 1.54) is 6.42 Å². The number of hydrogen-bond acceptors (Lipinski definition) is 2. The number of fused-ring (bicyclic) bond motifs is 1. The van der Waals surface area contributed by atoms with E-state index in [1.807, 2.05) is 6.07 Å².